The van der Waals surface area contributed by atoms with Crippen LogP contribution in [0.5, 0.6) is 17.2 Å². The fraction of sp³-hybridized carbons (Fsp3) is 0.364. The Hall–Kier alpha value is -3.42. The zero-order chi connectivity index (χ0) is 21.8. The molecule has 0 spiro atoms. The van der Waals surface area contributed by atoms with Crippen molar-refractivity contribution >= 4 is 11.9 Å². The van der Waals surface area contributed by atoms with Crippen LogP contribution < -0.4 is 30.2 Å². The van der Waals surface area contributed by atoms with E-state index in [-0.39, 0.29) is 5.91 Å². The number of carbonyl (C=O) groups excluding carboxylic acids is 1. The Morgan fingerprint density at radius 1 is 0.867 bits per heavy atom. The van der Waals surface area contributed by atoms with Gasteiger partial charge in [0.15, 0.2) is 17.5 Å². The second-order valence-electron chi connectivity index (χ2n) is 6.40. The molecule has 0 bridgehead atoms. The minimum atomic E-state index is -0.0218. The van der Waals surface area contributed by atoms with Crippen LogP contribution >= 0.6 is 0 Å². The Morgan fingerprint density at radius 2 is 1.50 bits per heavy atom. The SMILES string of the molecule is CN=C(NCCC(=O)NCc1ccccc1)NCc1cc(OC)c(OC)c(OC)c1. The highest BCUT2D eigenvalue weighted by Gasteiger charge is 2.13. The lowest BCUT2D eigenvalue weighted by atomic mass is 10.2. The zero-order valence-corrected chi connectivity index (χ0v) is 18.0. The van der Waals surface area contributed by atoms with Crippen molar-refractivity contribution in [2.45, 2.75) is 19.5 Å². The predicted octanol–water partition coefficient (Wildman–Crippen LogP) is 2.08. The van der Waals surface area contributed by atoms with E-state index in [0.29, 0.717) is 49.3 Å². The number of carbonyl (C=O) groups is 1. The maximum atomic E-state index is 12.0. The van der Waals surface area contributed by atoms with Gasteiger partial charge in [-0.25, -0.2) is 0 Å². The van der Waals surface area contributed by atoms with Crippen molar-refractivity contribution in [1.82, 2.24) is 16.0 Å². The Bertz CT molecular complexity index is 815. The molecule has 1 amide bonds. The van der Waals surface area contributed by atoms with Gasteiger partial charge in [0.05, 0.1) is 21.3 Å². The van der Waals surface area contributed by atoms with Gasteiger partial charge in [-0.05, 0) is 23.3 Å². The molecule has 0 saturated carbocycles. The largest absolute Gasteiger partial charge is 0.493 e. The van der Waals surface area contributed by atoms with Gasteiger partial charge in [0.2, 0.25) is 11.7 Å². The molecule has 0 aliphatic heterocycles. The van der Waals surface area contributed by atoms with E-state index in [1.165, 1.54) is 0 Å². The van der Waals surface area contributed by atoms with E-state index in [0.717, 1.165) is 11.1 Å². The molecular formula is C22H30N4O4. The molecule has 2 rings (SSSR count). The average molecular weight is 415 g/mol. The molecule has 0 aromatic heterocycles. The number of rotatable bonds is 10. The quantitative estimate of drug-likeness (QED) is 0.407. The summed E-state index contributed by atoms with van der Waals surface area (Å²) in [5.41, 5.74) is 2.01. The van der Waals surface area contributed by atoms with Crippen molar-refractivity contribution in [3.05, 3.63) is 53.6 Å². The van der Waals surface area contributed by atoms with E-state index in [2.05, 4.69) is 20.9 Å². The topological polar surface area (TPSA) is 93.2 Å². The van der Waals surface area contributed by atoms with Gasteiger partial charge < -0.3 is 30.2 Å². The van der Waals surface area contributed by atoms with E-state index in [9.17, 15) is 4.79 Å². The number of amides is 1. The summed E-state index contributed by atoms with van der Waals surface area (Å²) in [4.78, 5) is 16.2. The number of aliphatic imine (C=N–C) groups is 1. The Balaban J connectivity index is 1.80. The van der Waals surface area contributed by atoms with Crippen LogP contribution in [0.2, 0.25) is 0 Å². The fourth-order valence-corrected chi connectivity index (χ4v) is 2.82. The third-order valence-electron chi connectivity index (χ3n) is 4.39. The van der Waals surface area contributed by atoms with Crippen LogP contribution in [-0.4, -0.2) is 46.8 Å². The molecule has 2 aromatic carbocycles. The number of hydrogen-bond donors (Lipinski definition) is 3. The number of benzene rings is 2. The van der Waals surface area contributed by atoms with Crippen molar-refractivity contribution in [1.29, 1.82) is 0 Å². The standard InChI is InChI=1S/C22H30N4O4/c1-23-22(24-11-10-20(27)25-14-16-8-6-5-7-9-16)26-15-17-12-18(28-2)21(30-4)19(13-17)29-3/h5-9,12-13H,10-11,14-15H2,1-4H3,(H,25,27)(H2,23,24,26). The molecule has 162 valence electrons. The number of hydrogen-bond acceptors (Lipinski definition) is 5. The molecule has 8 nitrogen and oxygen atoms in total. The molecule has 0 radical (unpaired) electrons. The highest BCUT2D eigenvalue weighted by molar-refractivity contribution is 5.81. The third kappa shape index (κ3) is 6.88. The first-order valence-corrected chi connectivity index (χ1v) is 9.65. The summed E-state index contributed by atoms with van der Waals surface area (Å²) in [6, 6.07) is 13.6. The molecule has 0 unspecified atom stereocenters. The molecule has 0 aliphatic carbocycles. The first-order valence-electron chi connectivity index (χ1n) is 9.65. The molecule has 0 fully saturated rings. The first-order chi connectivity index (χ1) is 14.6. The van der Waals surface area contributed by atoms with E-state index in [1.54, 1.807) is 28.4 Å². The van der Waals surface area contributed by atoms with Gasteiger partial charge in [0.25, 0.3) is 0 Å². The van der Waals surface area contributed by atoms with Crippen LogP contribution in [0, 0.1) is 0 Å². The van der Waals surface area contributed by atoms with Crippen molar-refractivity contribution in [2.24, 2.45) is 4.99 Å². The van der Waals surface area contributed by atoms with Crippen molar-refractivity contribution in [3.8, 4) is 17.2 Å². The molecule has 30 heavy (non-hydrogen) atoms. The van der Waals surface area contributed by atoms with Crippen LogP contribution in [-0.2, 0) is 17.9 Å². The summed E-state index contributed by atoms with van der Waals surface area (Å²) in [5.74, 6) is 2.30. The molecule has 8 heteroatoms. The minimum absolute atomic E-state index is 0.0218. The number of nitrogens with zero attached hydrogens (tertiary/aromatic N) is 1. The third-order valence-corrected chi connectivity index (χ3v) is 4.39. The number of nitrogens with one attached hydrogen (secondary N) is 3. The molecule has 0 atom stereocenters. The molecule has 2 aromatic rings. The summed E-state index contributed by atoms with van der Waals surface area (Å²) in [5, 5.41) is 9.26. The van der Waals surface area contributed by atoms with Gasteiger partial charge in [-0.2, -0.15) is 0 Å². The van der Waals surface area contributed by atoms with Crippen LogP contribution in [0.1, 0.15) is 17.5 Å². The summed E-state index contributed by atoms with van der Waals surface area (Å²) in [6.07, 6.45) is 0.345. The van der Waals surface area contributed by atoms with Crippen LogP contribution in [0.4, 0.5) is 0 Å². The molecule has 0 saturated heterocycles. The Labute approximate surface area is 177 Å². The molecular weight excluding hydrogens is 384 g/mol. The van der Waals surface area contributed by atoms with Crippen LogP contribution in [0.25, 0.3) is 0 Å². The monoisotopic (exact) mass is 414 g/mol. The lowest BCUT2D eigenvalue weighted by molar-refractivity contribution is -0.121. The van der Waals surface area contributed by atoms with Crippen molar-refractivity contribution in [2.75, 3.05) is 34.9 Å². The lowest BCUT2D eigenvalue weighted by Gasteiger charge is -2.16. The second-order valence-corrected chi connectivity index (χ2v) is 6.40. The molecule has 0 aliphatic rings. The molecule has 0 heterocycles. The maximum absolute atomic E-state index is 12.0. The molecule has 3 N–H and O–H groups in total. The lowest BCUT2D eigenvalue weighted by Crippen LogP contribution is -2.38. The number of methoxy groups -OCH3 is 3. The van der Waals surface area contributed by atoms with Gasteiger partial charge in [0.1, 0.15) is 0 Å². The highest BCUT2D eigenvalue weighted by Crippen LogP contribution is 2.38. The fourth-order valence-electron chi connectivity index (χ4n) is 2.82. The van der Waals surface area contributed by atoms with Gasteiger partial charge in [0, 0.05) is 33.1 Å². The number of ether oxygens (including phenoxy) is 3. The first kappa shape index (κ1) is 22.9. The number of guanidine groups is 1. The van der Waals surface area contributed by atoms with E-state index in [1.807, 2.05) is 42.5 Å². The zero-order valence-electron chi connectivity index (χ0n) is 18.0. The van der Waals surface area contributed by atoms with Crippen molar-refractivity contribution in [3.63, 3.8) is 0 Å². The van der Waals surface area contributed by atoms with Gasteiger partial charge >= 0.3 is 0 Å². The Morgan fingerprint density at radius 3 is 2.07 bits per heavy atom. The summed E-state index contributed by atoms with van der Waals surface area (Å²) >= 11 is 0. The van der Waals surface area contributed by atoms with Gasteiger partial charge in [-0.3, -0.25) is 9.79 Å². The van der Waals surface area contributed by atoms with E-state index < -0.39 is 0 Å². The Kier molecular flexibility index (Phi) is 9.30. The minimum Gasteiger partial charge on any atom is -0.493 e. The van der Waals surface area contributed by atoms with E-state index >= 15 is 0 Å². The smallest absolute Gasteiger partial charge is 0.222 e. The van der Waals surface area contributed by atoms with Crippen LogP contribution in [0.3, 0.4) is 0 Å². The average Bonchev–Trinajstić information content (AvgIpc) is 2.79. The summed E-state index contributed by atoms with van der Waals surface area (Å²) in [6.45, 7) is 1.49. The van der Waals surface area contributed by atoms with Gasteiger partial charge in [-0.15, -0.1) is 0 Å². The van der Waals surface area contributed by atoms with Crippen LogP contribution in [0.15, 0.2) is 47.5 Å². The highest BCUT2D eigenvalue weighted by atomic mass is 16.5. The van der Waals surface area contributed by atoms with Crippen molar-refractivity contribution < 1.29 is 19.0 Å². The predicted molar refractivity (Wildman–Crippen MR) is 117 cm³/mol. The second kappa shape index (κ2) is 12.2. The van der Waals surface area contributed by atoms with E-state index in [4.69, 9.17) is 14.2 Å². The summed E-state index contributed by atoms with van der Waals surface area (Å²) in [7, 11) is 6.41. The summed E-state index contributed by atoms with van der Waals surface area (Å²) < 4.78 is 16.1. The maximum Gasteiger partial charge on any atom is 0.222 e. The van der Waals surface area contributed by atoms with Gasteiger partial charge in [-0.1, -0.05) is 30.3 Å². The normalized spacial score (nSPS) is 10.9.